The van der Waals surface area contributed by atoms with Crippen LogP contribution in [0.1, 0.15) is 11.1 Å². The third kappa shape index (κ3) is 8.73. The number of alkyl halides is 3. The molecular formula is C23H25Br2ClN2O5. The van der Waals surface area contributed by atoms with Crippen molar-refractivity contribution in [3.8, 4) is 0 Å². The molecular weight excluding hydrogens is 580 g/mol. The first-order chi connectivity index (χ1) is 15.7. The highest BCUT2D eigenvalue weighted by molar-refractivity contribution is 9.26. The molecule has 0 fully saturated rings. The number of methoxy groups -OCH3 is 2. The van der Waals surface area contributed by atoms with Crippen LogP contribution >= 0.6 is 43.5 Å². The average molecular weight is 605 g/mol. The summed E-state index contributed by atoms with van der Waals surface area (Å²) in [5, 5.41) is 5.63. The molecule has 0 aliphatic heterocycles. The van der Waals surface area contributed by atoms with Gasteiger partial charge in [-0.2, -0.15) is 0 Å². The van der Waals surface area contributed by atoms with Gasteiger partial charge in [0.15, 0.2) is 2.69 Å². The van der Waals surface area contributed by atoms with Crippen molar-refractivity contribution in [1.82, 2.24) is 10.6 Å². The van der Waals surface area contributed by atoms with E-state index in [0.717, 1.165) is 11.1 Å². The van der Waals surface area contributed by atoms with Crippen LogP contribution in [-0.4, -0.2) is 52.9 Å². The van der Waals surface area contributed by atoms with E-state index in [1.807, 2.05) is 60.7 Å². The number of carbonyl (C=O) groups excluding carboxylic acids is 3. The molecule has 2 aromatic carbocycles. The van der Waals surface area contributed by atoms with Crippen LogP contribution in [0, 0.1) is 0 Å². The summed E-state index contributed by atoms with van der Waals surface area (Å²) in [6.45, 7) is 0. The van der Waals surface area contributed by atoms with E-state index >= 15 is 0 Å². The number of rotatable bonds is 11. The first kappa shape index (κ1) is 27.3. The van der Waals surface area contributed by atoms with Crippen molar-refractivity contribution in [3.63, 3.8) is 0 Å². The predicted molar refractivity (Wildman–Crippen MR) is 133 cm³/mol. The fourth-order valence-electron chi connectivity index (χ4n) is 3.16. The van der Waals surface area contributed by atoms with Crippen LogP contribution in [0.15, 0.2) is 60.7 Å². The number of benzene rings is 2. The second kappa shape index (κ2) is 13.1. The molecule has 3 atom stereocenters. The molecule has 2 rings (SSSR count). The van der Waals surface area contributed by atoms with Gasteiger partial charge in [-0.05, 0) is 17.5 Å². The quantitative estimate of drug-likeness (QED) is 0.302. The van der Waals surface area contributed by atoms with E-state index in [1.54, 1.807) is 0 Å². The fourth-order valence-corrected chi connectivity index (χ4v) is 4.01. The molecule has 178 valence electrons. The van der Waals surface area contributed by atoms with Crippen molar-refractivity contribution in [3.05, 3.63) is 71.8 Å². The molecule has 0 bridgehead atoms. The Morgan fingerprint density at radius 3 is 1.70 bits per heavy atom. The molecule has 0 spiro atoms. The topological polar surface area (TPSA) is 93.7 Å². The fraction of sp³-hybridized carbons (Fsp3) is 0.348. The first-order valence-electron chi connectivity index (χ1n) is 10.0. The van der Waals surface area contributed by atoms with Gasteiger partial charge in [-0.15, -0.1) is 0 Å². The molecule has 1 amide bonds. The summed E-state index contributed by atoms with van der Waals surface area (Å²) in [6.07, 6.45) is 0.477. The van der Waals surface area contributed by atoms with E-state index in [2.05, 4.69) is 42.5 Å². The van der Waals surface area contributed by atoms with Crippen LogP contribution in [-0.2, 0) is 36.7 Å². The van der Waals surface area contributed by atoms with Gasteiger partial charge in [-0.25, -0.2) is 4.79 Å². The number of hydrogen-bond acceptors (Lipinski definition) is 6. The Morgan fingerprint density at radius 2 is 1.27 bits per heavy atom. The van der Waals surface area contributed by atoms with Gasteiger partial charge in [0.2, 0.25) is 5.91 Å². The zero-order chi connectivity index (χ0) is 24.4. The molecule has 0 heterocycles. The summed E-state index contributed by atoms with van der Waals surface area (Å²) < 4.78 is 8.32. The van der Waals surface area contributed by atoms with Crippen molar-refractivity contribution in [2.45, 2.75) is 33.7 Å². The number of amides is 1. The molecule has 7 nitrogen and oxygen atoms in total. The molecule has 0 aliphatic carbocycles. The zero-order valence-corrected chi connectivity index (χ0v) is 22.0. The van der Waals surface area contributed by atoms with Gasteiger partial charge >= 0.3 is 11.9 Å². The van der Waals surface area contributed by atoms with Crippen LogP contribution in [0.25, 0.3) is 0 Å². The normalized spacial score (nSPS) is 14.0. The van der Waals surface area contributed by atoms with E-state index in [1.165, 1.54) is 14.2 Å². The van der Waals surface area contributed by atoms with Crippen molar-refractivity contribution >= 4 is 61.3 Å². The number of halogens is 3. The lowest BCUT2D eigenvalue weighted by Crippen LogP contribution is -2.59. The number of nitrogens with one attached hydrogen (secondary N) is 2. The summed E-state index contributed by atoms with van der Waals surface area (Å²) in [5.74, 6) is -1.79. The van der Waals surface area contributed by atoms with E-state index in [-0.39, 0.29) is 12.8 Å². The highest BCUT2D eigenvalue weighted by Crippen LogP contribution is 2.35. The lowest BCUT2D eigenvalue weighted by Gasteiger charge is -2.30. The maximum Gasteiger partial charge on any atom is 0.328 e. The lowest BCUT2D eigenvalue weighted by molar-refractivity contribution is -0.146. The van der Waals surface area contributed by atoms with Crippen LogP contribution in [0.4, 0.5) is 0 Å². The smallest absolute Gasteiger partial charge is 0.328 e. The van der Waals surface area contributed by atoms with Gasteiger partial charge in [-0.1, -0.05) is 104 Å². The number of carbonyl (C=O) groups is 3. The number of esters is 2. The van der Waals surface area contributed by atoms with E-state index in [9.17, 15) is 14.4 Å². The van der Waals surface area contributed by atoms with Gasteiger partial charge in [0.1, 0.15) is 18.1 Å². The molecule has 10 heteroatoms. The van der Waals surface area contributed by atoms with E-state index in [0.29, 0.717) is 0 Å². The molecule has 2 N–H and O–H groups in total. The van der Waals surface area contributed by atoms with Crippen molar-refractivity contribution in [1.29, 1.82) is 0 Å². The van der Waals surface area contributed by atoms with Crippen LogP contribution in [0.5, 0.6) is 0 Å². The Morgan fingerprint density at radius 1 is 0.848 bits per heavy atom. The van der Waals surface area contributed by atoms with Crippen LogP contribution in [0.3, 0.4) is 0 Å². The molecule has 0 saturated carbocycles. The summed E-state index contributed by atoms with van der Waals surface area (Å²) in [6, 6.07) is 15.5. The van der Waals surface area contributed by atoms with E-state index in [4.69, 9.17) is 21.1 Å². The largest absolute Gasteiger partial charge is 0.468 e. The minimum atomic E-state index is -1.46. The number of hydrogen-bond donors (Lipinski definition) is 2. The Balaban J connectivity index is 2.24. The monoisotopic (exact) mass is 602 g/mol. The Hall–Kier alpha value is -1.94. The van der Waals surface area contributed by atoms with Crippen molar-refractivity contribution in [2.75, 3.05) is 14.2 Å². The van der Waals surface area contributed by atoms with E-state index < -0.39 is 38.7 Å². The third-order valence-electron chi connectivity index (χ3n) is 4.81. The molecule has 0 aliphatic rings. The maximum atomic E-state index is 13.2. The zero-order valence-electron chi connectivity index (χ0n) is 18.1. The lowest BCUT2D eigenvalue weighted by atomic mass is 10.0. The molecule has 33 heavy (non-hydrogen) atoms. The predicted octanol–water partition coefficient (Wildman–Crippen LogP) is 3.31. The Bertz CT molecular complexity index is 925. The Labute approximate surface area is 214 Å². The standard InChI is InChI=1S/C23H25Br2ClN2O5/c1-32-21(30)17(13-15-9-5-3-6-10-15)27-19(23(24,25)26)20(29)28-18(22(31)33-2)14-16-11-7-4-8-12-16/h3-12,17-19,27H,13-14H2,1-2H3,(H,28,29)/t17-,18-,19-/m1/s1. The minimum Gasteiger partial charge on any atom is -0.468 e. The van der Waals surface area contributed by atoms with Gasteiger partial charge in [0.05, 0.1) is 14.2 Å². The van der Waals surface area contributed by atoms with Crippen LogP contribution in [0.2, 0.25) is 0 Å². The average Bonchev–Trinajstić information content (AvgIpc) is 2.80. The summed E-state index contributed by atoms with van der Waals surface area (Å²) in [4.78, 5) is 38.0. The first-order valence-corrected chi connectivity index (χ1v) is 12.0. The van der Waals surface area contributed by atoms with Crippen molar-refractivity contribution < 1.29 is 23.9 Å². The minimum absolute atomic E-state index is 0.219. The summed E-state index contributed by atoms with van der Waals surface area (Å²) in [5.41, 5.74) is 1.70. The SMILES string of the molecule is COC(=O)[C@@H](Cc1ccccc1)NC(=O)[C@@H](N[C@H](Cc1ccccc1)C(=O)OC)C(Cl)(Br)Br. The van der Waals surface area contributed by atoms with Crippen molar-refractivity contribution in [2.24, 2.45) is 0 Å². The maximum absolute atomic E-state index is 13.2. The molecule has 0 unspecified atom stereocenters. The molecule has 0 saturated heterocycles. The molecule has 0 radical (unpaired) electrons. The summed E-state index contributed by atoms with van der Waals surface area (Å²) >= 11 is 12.9. The third-order valence-corrected chi connectivity index (χ3v) is 5.94. The van der Waals surface area contributed by atoms with Gasteiger partial charge in [-0.3, -0.25) is 14.9 Å². The van der Waals surface area contributed by atoms with Crippen LogP contribution < -0.4 is 10.6 Å². The highest BCUT2D eigenvalue weighted by Gasteiger charge is 2.41. The van der Waals surface area contributed by atoms with Gasteiger partial charge < -0.3 is 14.8 Å². The number of ether oxygens (including phenoxy) is 2. The Kier molecular flexibility index (Phi) is 10.8. The van der Waals surface area contributed by atoms with Gasteiger partial charge in [0.25, 0.3) is 0 Å². The summed E-state index contributed by atoms with van der Waals surface area (Å²) in [7, 11) is 2.51. The molecule has 2 aromatic rings. The molecule has 0 aromatic heterocycles. The second-order valence-electron chi connectivity index (χ2n) is 7.18. The van der Waals surface area contributed by atoms with Gasteiger partial charge in [0, 0.05) is 6.42 Å². The second-order valence-corrected chi connectivity index (χ2v) is 12.3. The highest BCUT2D eigenvalue weighted by atomic mass is 79.9.